The lowest BCUT2D eigenvalue weighted by molar-refractivity contribution is -0.121. The zero-order chi connectivity index (χ0) is 9.52. The van der Waals surface area contributed by atoms with E-state index in [2.05, 4.69) is 17.2 Å². The molecule has 13 heavy (non-hydrogen) atoms. The Morgan fingerprint density at radius 1 is 1.54 bits per heavy atom. The summed E-state index contributed by atoms with van der Waals surface area (Å²) in [4.78, 5) is 11.3. The molecule has 1 amide bonds. The van der Waals surface area contributed by atoms with Crippen molar-refractivity contribution in [3.8, 4) is 0 Å². The zero-order valence-corrected chi connectivity index (χ0v) is 8.01. The maximum Gasteiger partial charge on any atom is 0.220 e. The largest absolute Gasteiger partial charge is 0.353 e. The van der Waals surface area contributed by atoms with Gasteiger partial charge in [-0.3, -0.25) is 4.79 Å². The van der Waals surface area contributed by atoms with E-state index >= 15 is 0 Å². The first kappa shape index (κ1) is 10.3. The molecule has 1 rings (SSSR count). The van der Waals surface area contributed by atoms with E-state index in [-0.39, 0.29) is 5.91 Å². The predicted molar refractivity (Wildman–Crippen MR) is 53.4 cm³/mol. The molecule has 0 aromatic carbocycles. The molecule has 1 fully saturated rings. The van der Waals surface area contributed by atoms with E-state index in [1.54, 1.807) is 6.08 Å². The van der Waals surface area contributed by atoms with E-state index in [0.29, 0.717) is 18.9 Å². The maximum atomic E-state index is 11.3. The first-order chi connectivity index (χ1) is 6.33. The van der Waals surface area contributed by atoms with Crippen LogP contribution in [0.1, 0.15) is 19.3 Å². The Balaban J connectivity index is 2.14. The molecule has 0 aliphatic carbocycles. The van der Waals surface area contributed by atoms with Gasteiger partial charge in [-0.05, 0) is 31.8 Å². The van der Waals surface area contributed by atoms with E-state index in [0.717, 1.165) is 25.9 Å². The summed E-state index contributed by atoms with van der Waals surface area (Å²) in [5.41, 5.74) is 0. The average molecular weight is 182 g/mol. The molecular weight excluding hydrogens is 164 g/mol. The fourth-order valence-corrected chi connectivity index (χ4v) is 1.61. The van der Waals surface area contributed by atoms with Crippen LogP contribution in [-0.4, -0.2) is 25.5 Å². The lowest BCUT2D eigenvalue weighted by Gasteiger charge is -2.21. The summed E-state index contributed by atoms with van der Waals surface area (Å²) in [6.07, 6.45) is 4.64. The third-order valence-electron chi connectivity index (χ3n) is 2.38. The van der Waals surface area contributed by atoms with Gasteiger partial charge >= 0.3 is 0 Å². The van der Waals surface area contributed by atoms with Crippen molar-refractivity contribution in [1.29, 1.82) is 0 Å². The third kappa shape index (κ3) is 4.08. The molecule has 1 saturated heterocycles. The van der Waals surface area contributed by atoms with Crippen LogP contribution in [-0.2, 0) is 4.79 Å². The molecule has 0 atom stereocenters. The van der Waals surface area contributed by atoms with Crippen molar-refractivity contribution < 1.29 is 4.79 Å². The summed E-state index contributed by atoms with van der Waals surface area (Å²) >= 11 is 0. The molecule has 1 aliphatic rings. The highest BCUT2D eigenvalue weighted by Gasteiger charge is 2.15. The van der Waals surface area contributed by atoms with Gasteiger partial charge in [-0.25, -0.2) is 0 Å². The Kier molecular flexibility index (Phi) is 4.54. The van der Waals surface area contributed by atoms with Crippen molar-refractivity contribution in [2.24, 2.45) is 5.92 Å². The first-order valence-electron chi connectivity index (χ1n) is 4.91. The number of hydrogen-bond acceptors (Lipinski definition) is 2. The lowest BCUT2D eigenvalue weighted by Crippen LogP contribution is -2.32. The van der Waals surface area contributed by atoms with E-state index in [1.165, 1.54) is 0 Å². The summed E-state index contributed by atoms with van der Waals surface area (Å²) in [6.45, 7) is 6.25. The molecule has 74 valence electrons. The number of carbonyl (C=O) groups is 1. The molecule has 0 aromatic rings. The van der Waals surface area contributed by atoms with Gasteiger partial charge in [0.15, 0.2) is 0 Å². The number of nitrogens with one attached hydrogen (secondary N) is 2. The Bertz CT molecular complexity index is 174. The Morgan fingerprint density at radius 3 is 2.85 bits per heavy atom. The molecule has 0 saturated carbocycles. The van der Waals surface area contributed by atoms with Crippen LogP contribution in [0.15, 0.2) is 12.7 Å². The molecule has 0 unspecified atom stereocenters. The summed E-state index contributed by atoms with van der Waals surface area (Å²) in [6, 6.07) is 0. The average Bonchev–Trinajstić information content (AvgIpc) is 2.16. The van der Waals surface area contributed by atoms with E-state index in [4.69, 9.17) is 0 Å². The van der Waals surface area contributed by atoms with Gasteiger partial charge in [0.1, 0.15) is 0 Å². The van der Waals surface area contributed by atoms with Crippen LogP contribution in [0, 0.1) is 5.92 Å². The summed E-state index contributed by atoms with van der Waals surface area (Å²) in [5.74, 6) is 0.734. The fraction of sp³-hybridized carbons (Fsp3) is 0.700. The normalized spacial score (nSPS) is 18.2. The highest BCUT2D eigenvalue weighted by Crippen LogP contribution is 2.15. The zero-order valence-electron chi connectivity index (χ0n) is 8.01. The second kappa shape index (κ2) is 5.75. The van der Waals surface area contributed by atoms with Gasteiger partial charge in [0.25, 0.3) is 0 Å². The smallest absolute Gasteiger partial charge is 0.220 e. The topological polar surface area (TPSA) is 41.1 Å². The molecule has 1 aliphatic heterocycles. The lowest BCUT2D eigenvalue weighted by atomic mass is 9.94. The second-order valence-electron chi connectivity index (χ2n) is 3.49. The van der Waals surface area contributed by atoms with E-state index in [1.807, 2.05) is 0 Å². The Hall–Kier alpha value is -0.830. The van der Waals surface area contributed by atoms with Crippen LogP contribution in [0.25, 0.3) is 0 Å². The monoisotopic (exact) mass is 182 g/mol. The molecule has 0 radical (unpaired) electrons. The van der Waals surface area contributed by atoms with Crippen LogP contribution in [0.3, 0.4) is 0 Å². The van der Waals surface area contributed by atoms with Gasteiger partial charge in [0.05, 0.1) is 0 Å². The van der Waals surface area contributed by atoms with Crippen LogP contribution < -0.4 is 10.6 Å². The SMILES string of the molecule is C=CCNC(=O)CC1CCNCC1. The molecule has 0 spiro atoms. The van der Waals surface area contributed by atoms with Gasteiger partial charge < -0.3 is 10.6 Å². The quantitative estimate of drug-likeness (QED) is 0.628. The van der Waals surface area contributed by atoms with Crippen molar-refractivity contribution in [2.45, 2.75) is 19.3 Å². The van der Waals surface area contributed by atoms with Gasteiger partial charge in [-0.15, -0.1) is 6.58 Å². The Morgan fingerprint density at radius 2 is 2.23 bits per heavy atom. The van der Waals surface area contributed by atoms with Gasteiger partial charge in [-0.1, -0.05) is 6.08 Å². The number of piperidine rings is 1. The molecule has 3 nitrogen and oxygen atoms in total. The fourth-order valence-electron chi connectivity index (χ4n) is 1.61. The van der Waals surface area contributed by atoms with Gasteiger partial charge in [0.2, 0.25) is 5.91 Å². The molecule has 0 bridgehead atoms. The predicted octanol–water partition coefficient (Wildman–Crippen LogP) is 0.678. The van der Waals surface area contributed by atoms with Crippen molar-refractivity contribution in [3.05, 3.63) is 12.7 Å². The van der Waals surface area contributed by atoms with Crippen LogP contribution >= 0.6 is 0 Å². The second-order valence-corrected chi connectivity index (χ2v) is 3.49. The minimum Gasteiger partial charge on any atom is -0.353 e. The van der Waals surface area contributed by atoms with Gasteiger partial charge in [0, 0.05) is 13.0 Å². The number of carbonyl (C=O) groups excluding carboxylic acids is 1. The van der Waals surface area contributed by atoms with Crippen LogP contribution in [0.2, 0.25) is 0 Å². The van der Waals surface area contributed by atoms with Crippen molar-refractivity contribution in [1.82, 2.24) is 10.6 Å². The van der Waals surface area contributed by atoms with E-state index < -0.39 is 0 Å². The Labute approximate surface area is 79.6 Å². The van der Waals surface area contributed by atoms with Crippen LogP contribution in [0.4, 0.5) is 0 Å². The summed E-state index contributed by atoms with van der Waals surface area (Å²) in [7, 11) is 0. The minimum atomic E-state index is 0.159. The van der Waals surface area contributed by atoms with Crippen molar-refractivity contribution in [3.63, 3.8) is 0 Å². The van der Waals surface area contributed by atoms with Crippen molar-refractivity contribution in [2.75, 3.05) is 19.6 Å². The van der Waals surface area contributed by atoms with Gasteiger partial charge in [-0.2, -0.15) is 0 Å². The van der Waals surface area contributed by atoms with Crippen LogP contribution in [0.5, 0.6) is 0 Å². The number of amides is 1. The minimum absolute atomic E-state index is 0.159. The number of rotatable bonds is 4. The maximum absolute atomic E-state index is 11.3. The standard InChI is InChI=1S/C10H18N2O/c1-2-5-12-10(13)8-9-3-6-11-7-4-9/h2,9,11H,1,3-8H2,(H,12,13). The highest BCUT2D eigenvalue weighted by atomic mass is 16.1. The first-order valence-corrected chi connectivity index (χ1v) is 4.91. The molecule has 3 heteroatoms. The van der Waals surface area contributed by atoms with Crippen molar-refractivity contribution >= 4 is 5.91 Å². The number of hydrogen-bond donors (Lipinski definition) is 2. The summed E-state index contributed by atoms with van der Waals surface area (Å²) < 4.78 is 0. The van der Waals surface area contributed by atoms with E-state index in [9.17, 15) is 4.79 Å². The molecular formula is C10H18N2O. The highest BCUT2D eigenvalue weighted by molar-refractivity contribution is 5.76. The molecule has 2 N–H and O–H groups in total. The molecule has 1 heterocycles. The summed E-state index contributed by atoms with van der Waals surface area (Å²) in [5, 5.41) is 6.09. The third-order valence-corrected chi connectivity index (χ3v) is 2.38. The molecule has 0 aromatic heterocycles.